The van der Waals surface area contributed by atoms with E-state index in [0.717, 1.165) is 15.4 Å². The number of aromatic nitrogens is 1. The van der Waals surface area contributed by atoms with E-state index in [4.69, 9.17) is 5.73 Å². The van der Waals surface area contributed by atoms with Crippen LogP contribution >= 0.6 is 15.9 Å². The zero-order valence-corrected chi connectivity index (χ0v) is 9.49. The Kier molecular flexibility index (Phi) is 2.79. The highest BCUT2D eigenvalue weighted by Crippen LogP contribution is 2.24. The Labute approximate surface area is 95.4 Å². The number of fused-ring (bicyclic) bond motifs is 1. The molecular formula is C11H9BrN2O. The zero-order chi connectivity index (χ0) is 10.8. The van der Waals surface area contributed by atoms with Crippen LogP contribution in [-0.4, -0.2) is 17.3 Å². The molecule has 1 aromatic heterocycles. The average molecular weight is 265 g/mol. The quantitative estimate of drug-likeness (QED) is 0.846. The third-order valence-corrected chi connectivity index (χ3v) is 2.85. The molecule has 0 fully saturated rings. The summed E-state index contributed by atoms with van der Waals surface area (Å²) in [6, 6.07) is 7.34. The van der Waals surface area contributed by atoms with Crippen molar-refractivity contribution in [2.24, 2.45) is 5.73 Å². The minimum atomic E-state index is -0.0690. The monoisotopic (exact) mass is 264 g/mol. The predicted octanol–water partition coefficient (Wildman–Crippen LogP) is 2.14. The van der Waals surface area contributed by atoms with Gasteiger partial charge in [0.15, 0.2) is 5.78 Å². The molecule has 0 saturated heterocycles. The van der Waals surface area contributed by atoms with Crippen molar-refractivity contribution < 1.29 is 4.79 Å². The Bertz CT molecular complexity index is 525. The van der Waals surface area contributed by atoms with Gasteiger partial charge in [-0.15, -0.1) is 0 Å². The first kappa shape index (κ1) is 10.3. The van der Waals surface area contributed by atoms with E-state index in [2.05, 4.69) is 20.9 Å². The van der Waals surface area contributed by atoms with Crippen molar-refractivity contribution in [2.75, 3.05) is 6.54 Å². The Morgan fingerprint density at radius 1 is 1.40 bits per heavy atom. The van der Waals surface area contributed by atoms with E-state index < -0.39 is 0 Å². The summed E-state index contributed by atoms with van der Waals surface area (Å²) in [6.07, 6.45) is 1.62. The molecule has 3 nitrogen and oxygen atoms in total. The van der Waals surface area contributed by atoms with E-state index in [0.29, 0.717) is 5.56 Å². The molecule has 15 heavy (non-hydrogen) atoms. The van der Waals surface area contributed by atoms with Gasteiger partial charge >= 0.3 is 0 Å². The van der Waals surface area contributed by atoms with E-state index in [1.54, 1.807) is 12.3 Å². The van der Waals surface area contributed by atoms with E-state index in [-0.39, 0.29) is 12.3 Å². The number of carbonyl (C=O) groups is 1. The average Bonchev–Trinajstić information content (AvgIpc) is 2.28. The number of hydrogen-bond donors (Lipinski definition) is 1. The van der Waals surface area contributed by atoms with Crippen molar-refractivity contribution in [2.45, 2.75) is 0 Å². The van der Waals surface area contributed by atoms with Gasteiger partial charge in [0.2, 0.25) is 0 Å². The molecule has 2 rings (SSSR count). The molecule has 0 unspecified atom stereocenters. The number of halogens is 1. The standard InChI is InChI=1S/C11H9BrN2O/c12-9-3-1-2-8-7(10(15)6-13)4-5-14-11(8)9/h1-5H,6,13H2. The SMILES string of the molecule is NCC(=O)c1ccnc2c(Br)cccc12. The van der Waals surface area contributed by atoms with Gasteiger partial charge in [0.25, 0.3) is 0 Å². The van der Waals surface area contributed by atoms with Crippen LogP contribution in [-0.2, 0) is 0 Å². The summed E-state index contributed by atoms with van der Waals surface area (Å²) >= 11 is 3.40. The molecule has 1 aromatic carbocycles. The Morgan fingerprint density at radius 3 is 2.93 bits per heavy atom. The molecule has 0 aliphatic rings. The fourth-order valence-corrected chi connectivity index (χ4v) is 1.96. The van der Waals surface area contributed by atoms with E-state index in [1.807, 2.05) is 18.2 Å². The zero-order valence-electron chi connectivity index (χ0n) is 7.90. The fourth-order valence-electron chi connectivity index (χ4n) is 1.49. The number of nitrogens with two attached hydrogens (primary N) is 1. The fraction of sp³-hybridized carbons (Fsp3) is 0.0909. The lowest BCUT2D eigenvalue weighted by Gasteiger charge is -2.04. The van der Waals surface area contributed by atoms with Gasteiger partial charge in [-0.3, -0.25) is 9.78 Å². The lowest BCUT2D eigenvalue weighted by atomic mass is 10.1. The Morgan fingerprint density at radius 2 is 2.20 bits per heavy atom. The first-order valence-electron chi connectivity index (χ1n) is 4.50. The number of carbonyl (C=O) groups excluding carboxylic acids is 1. The lowest BCUT2D eigenvalue weighted by molar-refractivity contribution is 0.100. The van der Waals surface area contributed by atoms with Crippen LogP contribution in [0.4, 0.5) is 0 Å². The number of benzene rings is 1. The van der Waals surface area contributed by atoms with Crippen molar-refractivity contribution in [1.82, 2.24) is 4.98 Å². The normalized spacial score (nSPS) is 10.5. The maximum absolute atomic E-state index is 11.6. The van der Waals surface area contributed by atoms with Gasteiger partial charge in [0.1, 0.15) is 0 Å². The third-order valence-electron chi connectivity index (χ3n) is 2.21. The summed E-state index contributed by atoms with van der Waals surface area (Å²) in [4.78, 5) is 15.8. The third kappa shape index (κ3) is 1.78. The molecule has 0 amide bonds. The van der Waals surface area contributed by atoms with Gasteiger partial charge < -0.3 is 5.73 Å². The Hall–Kier alpha value is -1.26. The maximum Gasteiger partial charge on any atom is 0.177 e. The van der Waals surface area contributed by atoms with Crippen molar-refractivity contribution in [3.05, 3.63) is 40.5 Å². The summed E-state index contributed by atoms with van der Waals surface area (Å²) in [5, 5.41) is 0.835. The van der Waals surface area contributed by atoms with Gasteiger partial charge in [-0.1, -0.05) is 12.1 Å². The number of pyridine rings is 1. The molecule has 0 aliphatic carbocycles. The number of para-hydroxylation sites is 1. The number of ketones is 1. The van der Waals surface area contributed by atoms with E-state index in [1.165, 1.54) is 0 Å². The molecular weight excluding hydrogens is 256 g/mol. The number of nitrogens with zero attached hydrogens (tertiary/aromatic N) is 1. The molecule has 4 heteroatoms. The van der Waals surface area contributed by atoms with Crippen LogP contribution in [0.15, 0.2) is 34.9 Å². The minimum absolute atomic E-state index is 0.0195. The lowest BCUT2D eigenvalue weighted by Crippen LogP contribution is -2.14. The van der Waals surface area contributed by atoms with Crippen LogP contribution in [0.1, 0.15) is 10.4 Å². The number of Topliss-reactive ketones (excluding diaryl/α,β-unsaturated/α-hetero) is 1. The molecule has 76 valence electrons. The van der Waals surface area contributed by atoms with Crippen LogP contribution < -0.4 is 5.73 Å². The van der Waals surface area contributed by atoms with Gasteiger partial charge in [0.05, 0.1) is 12.1 Å². The molecule has 0 spiro atoms. The minimum Gasteiger partial charge on any atom is -0.324 e. The van der Waals surface area contributed by atoms with Gasteiger partial charge in [-0.05, 0) is 28.1 Å². The maximum atomic E-state index is 11.6. The van der Waals surface area contributed by atoms with Crippen molar-refractivity contribution >= 4 is 32.6 Å². The second kappa shape index (κ2) is 4.08. The van der Waals surface area contributed by atoms with E-state index in [9.17, 15) is 4.79 Å². The molecule has 0 saturated carbocycles. The van der Waals surface area contributed by atoms with Crippen LogP contribution in [0.2, 0.25) is 0 Å². The largest absolute Gasteiger partial charge is 0.324 e. The van der Waals surface area contributed by atoms with Crippen LogP contribution in [0.5, 0.6) is 0 Å². The van der Waals surface area contributed by atoms with Gasteiger partial charge in [-0.25, -0.2) is 0 Å². The summed E-state index contributed by atoms with van der Waals surface area (Å²) in [5.41, 5.74) is 6.77. The van der Waals surface area contributed by atoms with Crippen molar-refractivity contribution in [3.63, 3.8) is 0 Å². The smallest absolute Gasteiger partial charge is 0.177 e. The second-order valence-electron chi connectivity index (χ2n) is 3.12. The summed E-state index contributed by atoms with van der Waals surface area (Å²) in [6.45, 7) is 0.0195. The highest BCUT2D eigenvalue weighted by Gasteiger charge is 2.09. The molecule has 1 heterocycles. The van der Waals surface area contributed by atoms with Crippen LogP contribution in [0.25, 0.3) is 10.9 Å². The molecule has 2 aromatic rings. The van der Waals surface area contributed by atoms with Crippen molar-refractivity contribution in [3.8, 4) is 0 Å². The highest BCUT2D eigenvalue weighted by atomic mass is 79.9. The topological polar surface area (TPSA) is 56.0 Å². The summed E-state index contributed by atoms with van der Waals surface area (Å²) < 4.78 is 0.881. The predicted molar refractivity (Wildman–Crippen MR) is 62.8 cm³/mol. The molecule has 0 radical (unpaired) electrons. The number of rotatable bonds is 2. The van der Waals surface area contributed by atoms with E-state index >= 15 is 0 Å². The molecule has 0 bridgehead atoms. The van der Waals surface area contributed by atoms with Crippen LogP contribution in [0.3, 0.4) is 0 Å². The molecule has 0 atom stereocenters. The first-order chi connectivity index (χ1) is 7.24. The second-order valence-corrected chi connectivity index (χ2v) is 3.98. The van der Waals surface area contributed by atoms with Crippen molar-refractivity contribution in [1.29, 1.82) is 0 Å². The summed E-state index contributed by atoms with van der Waals surface area (Å²) in [5.74, 6) is -0.0690. The van der Waals surface area contributed by atoms with Crippen LogP contribution in [0, 0.1) is 0 Å². The van der Waals surface area contributed by atoms with Gasteiger partial charge in [0, 0.05) is 21.6 Å². The highest BCUT2D eigenvalue weighted by molar-refractivity contribution is 9.10. The molecule has 0 aliphatic heterocycles. The summed E-state index contributed by atoms with van der Waals surface area (Å²) in [7, 11) is 0. The van der Waals surface area contributed by atoms with Gasteiger partial charge in [-0.2, -0.15) is 0 Å². The number of hydrogen-bond acceptors (Lipinski definition) is 3. The first-order valence-corrected chi connectivity index (χ1v) is 5.30. The molecule has 2 N–H and O–H groups in total. The Balaban J connectivity index is 2.77.